The van der Waals surface area contributed by atoms with Gasteiger partial charge in [0.25, 0.3) is 0 Å². The molecule has 2 N–H and O–H groups in total. The summed E-state index contributed by atoms with van der Waals surface area (Å²) in [5, 5.41) is 20.1. The minimum absolute atomic E-state index is 0.0549. The van der Waals surface area contributed by atoms with E-state index in [2.05, 4.69) is 135 Å². The van der Waals surface area contributed by atoms with E-state index in [4.69, 9.17) is 0 Å². The van der Waals surface area contributed by atoms with Crippen LogP contribution in [0.4, 0.5) is 0 Å². The highest BCUT2D eigenvalue weighted by molar-refractivity contribution is 5.45. The van der Waals surface area contributed by atoms with Crippen molar-refractivity contribution < 1.29 is 10.2 Å². The fourth-order valence-corrected chi connectivity index (χ4v) is 5.96. The predicted octanol–water partition coefficient (Wildman–Crippen LogP) is 9.85. The average molecular weight is 567 g/mol. The molecule has 0 aliphatic heterocycles. The van der Waals surface area contributed by atoms with Crippen LogP contribution in [0, 0.1) is 28.6 Å². The van der Waals surface area contributed by atoms with Crippen LogP contribution in [0.3, 0.4) is 0 Å². The molecule has 0 bridgehead atoms. The van der Waals surface area contributed by atoms with Crippen molar-refractivity contribution in [1.82, 2.24) is 0 Å². The Morgan fingerprint density at radius 3 is 1.90 bits per heavy atom. The third-order valence-corrected chi connectivity index (χ3v) is 8.10. The van der Waals surface area contributed by atoms with Gasteiger partial charge < -0.3 is 10.2 Å². The van der Waals surface area contributed by atoms with Gasteiger partial charge >= 0.3 is 0 Å². The van der Waals surface area contributed by atoms with Crippen LogP contribution >= 0.6 is 0 Å². The second kappa shape index (κ2) is 15.9. The van der Waals surface area contributed by atoms with Gasteiger partial charge in [0.1, 0.15) is 0 Å². The van der Waals surface area contributed by atoms with Crippen molar-refractivity contribution in [1.29, 1.82) is 0 Å². The van der Waals surface area contributed by atoms with Crippen LogP contribution in [0.25, 0.3) is 0 Å². The first-order valence-electron chi connectivity index (χ1n) is 15.3. The lowest BCUT2D eigenvalue weighted by Crippen LogP contribution is -2.32. The zero-order valence-electron chi connectivity index (χ0n) is 27.8. The molecule has 226 valence electrons. The quantitative estimate of drug-likeness (QED) is 0.174. The van der Waals surface area contributed by atoms with Gasteiger partial charge in [-0.05, 0) is 71.8 Å². The van der Waals surface area contributed by atoms with Gasteiger partial charge in [-0.2, -0.15) is 0 Å². The Morgan fingerprint density at radius 1 is 0.786 bits per heavy atom. The molecule has 0 heterocycles. The van der Waals surface area contributed by atoms with E-state index in [9.17, 15) is 10.2 Å². The molecule has 2 nitrogen and oxygen atoms in total. The van der Waals surface area contributed by atoms with Crippen molar-refractivity contribution in [2.24, 2.45) is 16.7 Å². The molecule has 3 unspecified atom stereocenters. The van der Waals surface area contributed by atoms with E-state index < -0.39 is 0 Å². The van der Waals surface area contributed by atoms with Crippen LogP contribution in [0.2, 0.25) is 0 Å². The molecule has 0 amide bonds. The lowest BCUT2D eigenvalue weighted by Gasteiger charge is -2.38. The first kappa shape index (κ1) is 35.1. The van der Waals surface area contributed by atoms with E-state index in [0.29, 0.717) is 5.92 Å². The van der Waals surface area contributed by atoms with Gasteiger partial charge in [-0.15, -0.1) is 0 Å². The summed E-state index contributed by atoms with van der Waals surface area (Å²) in [4.78, 5) is 0. The molecule has 0 spiro atoms. The minimum Gasteiger partial charge on any atom is -0.393 e. The van der Waals surface area contributed by atoms with Crippen LogP contribution in [-0.4, -0.2) is 22.4 Å². The molecule has 2 heteroatoms. The maximum absolute atomic E-state index is 10.1. The Balaban J connectivity index is 1.91. The fourth-order valence-electron chi connectivity index (χ4n) is 5.96. The Kier molecular flexibility index (Phi) is 13.3. The highest BCUT2D eigenvalue weighted by Gasteiger charge is 2.34. The Hall–Kier alpha value is -3.12. The molecule has 0 aromatic rings. The summed E-state index contributed by atoms with van der Waals surface area (Å²) < 4.78 is 0. The third-order valence-electron chi connectivity index (χ3n) is 8.10. The molecule has 0 radical (unpaired) electrons. The van der Waals surface area contributed by atoms with Crippen LogP contribution in [0.15, 0.2) is 118 Å². The van der Waals surface area contributed by atoms with Crippen LogP contribution in [0.5, 0.6) is 0 Å². The van der Waals surface area contributed by atoms with Crippen molar-refractivity contribution >= 4 is 0 Å². The molecule has 2 aliphatic rings. The number of hydrogen-bond acceptors (Lipinski definition) is 2. The number of rotatable bonds is 8. The molecule has 0 fully saturated rings. The smallest absolute Gasteiger partial charge is 0.0729 e. The zero-order chi connectivity index (χ0) is 31.5. The standard InChI is InChI=1S/C40H54O2/c1-29(17-13-19-31(3)21-23-37-33(5)25-35(41)27-39(37,7)8)15-11-12-16-30(2)18-14-20-32(4)22-24-38-34(6)26-36(42)28-40(38,9)10/h11-21,23,25,35-37,41-42H,26-28H2,1-10H3. The van der Waals surface area contributed by atoms with E-state index in [0.717, 1.165) is 30.4 Å². The van der Waals surface area contributed by atoms with Gasteiger partial charge in [-0.3, -0.25) is 0 Å². The van der Waals surface area contributed by atoms with E-state index in [1.165, 1.54) is 27.9 Å². The molecule has 0 aromatic heterocycles. The largest absolute Gasteiger partial charge is 0.393 e. The second-order valence-corrected chi connectivity index (χ2v) is 13.5. The first-order valence-corrected chi connectivity index (χ1v) is 15.3. The lowest BCUT2D eigenvalue weighted by atomic mass is 9.67. The normalized spacial score (nSPS) is 26.0. The maximum Gasteiger partial charge on any atom is 0.0729 e. The van der Waals surface area contributed by atoms with Gasteiger partial charge in [-0.25, -0.2) is 0 Å². The first-order chi connectivity index (χ1) is 19.6. The highest BCUT2D eigenvalue weighted by atomic mass is 16.3. The van der Waals surface area contributed by atoms with Crippen molar-refractivity contribution in [3.63, 3.8) is 0 Å². The van der Waals surface area contributed by atoms with E-state index in [1.807, 2.05) is 25.2 Å². The Bertz CT molecular complexity index is 1330. The molecule has 0 saturated carbocycles. The predicted molar refractivity (Wildman–Crippen MR) is 183 cm³/mol. The molecular weight excluding hydrogens is 512 g/mol. The Morgan fingerprint density at radius 2 is 1.33 bits per heavy atom. The topological polar surface area (TPSA) is 40.5 Å². The molecule has 42 heavy (non-hydrogen) atoms. The fraction of sp³-hybridized carbons (Fsp3) is 0.450. The summed E-state index contributed by atoms with van der Waals surface area (Å²) in [6.45, 7) is 21.3. The summed E-state index contributed by atoms with van der Waals surface area (Å²) in [5.41, 5.74) is 8.16. The summed E-state index contributed by atoms with van der Waals surface area (Å²) in [6.07, 6.45) is 29.0. The van der Waals surface area contributed by atoms with Crippen LogP contribution in [-0.2, 0) is 0 Å². The lowest BCUT2D eigenvalue weighted by molar-refractivity contribution is 0.117. The van der Waals surface area contributed by atoms with E-state index in [-0.39, 0.29) is 23.0 Å². The molecule has 3 atom stereocenters. The number of hydrogen-bond donors (Lipinski definition) is 2. The summed E-state index contributed by atoms with van der Waals surface area (Å²) in [6, 6.07) is 0. The molecule has 2 aliphatic carbocycles. The molecule has 2 rings (SSSR count). The van der Waals surface area contributed by atoms with Gasteiger partial charge in [0, 0.05) is 16.9 Å². The zero-order valence-corrected chi connectivity index (χ0v) is 27.8. The van der Waals surface area contributed by atoms with Gasteiger partial charge in [0.05, 0.1) is 12.2 Å². The SMILES string of the molecule is CC(C#CC1=C(C)CC(O)CC1(C)C)=CC=CC(C)=CC=CC=C(C)C=CC=C(C)C=CC1C(C)=CC(O)CC1(C)C. The number of aliphatic hydroxyl groups excluding tert-OH is 2. The molecule has 0 saturated heterocycles. The van der Waals surface area contributed by atoms with E-state index in [1.54, 1.807) is 0 Å². The number of aliphatic hydroxyl groups is 2. The molecular formula is C40H54O2. The second-order valence-electron chi connectivity index (χ2n) is 13.5. The van der Waals surface area contributed by atoms with Gasteiger partial charge in [0.2, 0.25) is 0 Å². The Labute approximate surface area is 257 Å². The van der Waals surface area contributed by atoms with Crippen LogP contribution < -0.4 is 0 Å². The minimum atomic E-state index is -0.333. The number of allylic oxidation sites excluding steroid dienone is 18. The summed E-state index contributed by atoms with van der Waals surface area (Å²) in [7, 11) is 0. The van der Waals surface area contributed by atoms with Gasteiger partial charge in [-0.1, -0.05) is 146 Å². The monoisotopic (exact) mass is 566 g/mol. The summed E-state index contributed by atoms with van der Waals surface area (Å²) >= 11 is 0. The summed E-state index contributed by atoms with van der Waals surface area (Å²) in [5.74, 6) is 7.02. The van der Waals surface area contributed by atoms with Gasteiger partial charge in [0.15, 0.2) is 0 Å². The average Bonchev–Trinajstić information content (AvgIpc) is 2.84. The van der Waals surface area contributed by atoms with Crippen molar-refractivity contribution in [3.05, 3.63) is 118 Å². The van der Waals surface area contributed by atoms with Crippen molar-refractivity contribution in [3.8, 4) is 11.8 Å². The third kappa shape index (κ3) is 11.6. The molecule has 0 aromatic carbocycles. The van der Waals surface area contributed by atoms with Crippen molar-refractivity contribution in [2.45, 2.75) is 101 Å². The van der Waals surface area contributed by atoms with E-state index >= 15 is 0 Å². The maximum atomic E-state index is 10.1. The van der Waals surface area contributed by atoms with Crippen molar-refractivity contribution in [2.75, 3.05) is 0 Å². The highest BCUT2D eigenvalue weighted by Crippen LogP contribution is 2.42. The van der Waals surface area contributed by atoms with Crippen LogP contribution in [0.1, 0.15) is 88.5 Å².